The number of nitrogens with one attached hydrogen (secondary N) is 6. The lowest BCUT2D eigenvalue weighted by Gasteiger charge is -2.35. The zero-order valence-electron chi connectivity index (χ0n) is 43.1. The average Bonchev–Trinajstić information content (AvgIpc) is 4.24. The number of amides is 8. The van der Waals surface area contributed by atoms with E-state index < -0.39 is 108 Å². The van der Waals surface area contributed by atoms with Gasteiger partial charge in [0.15, 0.2) is 12.0 Å². The van der Waals surface area contributed by atoms with Gasteiger partial charge in [-0.15, -0.1) is 44.6 Å². The molecular formula is C51H58ClN13O9S3. The number of hydrogen-bond donors (Lipinski definition) is 8. The fourth-order valence-corrected chi connectivity index (χ4v) is 12.2. The lowest BCUT2D eigenvalue weighted by atomic mass is 9.85. The third-order valence-electron chi connectivity index (χ3n) is 13.3. The molecule has 2 aromatic carbocycles. The van der Waals surface area contributed by atoms with E-state index in [9.17, 15) is 43.5 Å². The molecule has 77 heavy (non-hydrogen) atoms. The minimum absolute atomic E-state index is 0.188. The van der Waals surface area contributed by atoms with E-state index in [1.807, 2.05) is 37.5 Å². The first-order chi connectivity index (χ1) is 36.5. The Bertz CT molecular complexity index is 3170. The van der Waals surface area contributed by atoms with Gasteiger partial charge in [0.25, 0.3) is 5.91 Å². The maximum Gasteiger partial charge on any atom is 0.264 e. The second-order valence-electron chi connectivity index (χ2n) is 20.0. The number of nitrogens with two attached hydrogens (primary N) is 1. The Morgan fingerprint density at radius 2 is 1.58 bits per heavy atom. The monoisotopic (exact) mass is 1130 g/mol. The molecule has 2 fully saturated rings. The number of primary amides is 1. The molecule has 22 nitrogen and oxygen atoms in total. The molecular weight excluding hydrogens is 1070 g/mol. The molecule has 5 aromatic rings. The second kappa shape index (κ2) is 23.3. The first kappa shape index (κ1) is 56.2. The zero-order chi connectivity index (χ0) is 55.6. The molecule has 2 saturated heterocycles. The summed E-state index contributed by atoms with van der Waals surface area (Å²) >= 11 is 10.1. The van der Waals surface area contributed by atoms with Crippen LogP contribution in [-0.2, 0) is 38.4 Å². The van der Waals surface area contributed by atoms with Crippen LogP contribution in [0.3, 0.4) is 0 Å². The van der Waals surface area contributed by atoms with Crippen LogP contribution in [0.25, 0.3) is 15.4 Å². The van der Waals surface area contributed by atoms with Crippen molar-refractivity contribution in [1.82, 2.24) is 56.5 Å². The van der Waals surface area contributed by atoms with Gasteiger partial charge in [0.2, 0.25) is 41.4 Å². The standard InChI is InChI=1S/C51H58ClN13O9S3/c1-23-25(3)77-50-38(23)39(27-12-14-30(52)15-13-27)56-32(45-63-62-26(4)65(45)50)17-35(67)59-44-48(73)57-33(43(53)70)20-75-21-37(69)58-42(51(5,6)7)49(74)64-19-31(66)16-34(64)46(71)61-40(47(72)54-18-36(68)60-44)28-8-10-29(11-9-28)41-24(2)55-22-76-41/h8-15,22,31-34,40,42,44,66H,16-21H2,1-7H3,(H2,53,70)(H,54,72)(H,57,73)(H,58,69)(H,59,67)(H,60,68)(H,61,71)/t31-,32+,33-,34+,40-,42?,44+/m1/s1. The molecule has 9 N–H and O–H groups in total. The fraction of sp³-hybridized carbons (Fsp3) is 0.412. The Labute approximate surface area is 460 Å². The van der Waals surface area contributed by atoms with Gasteiger partial charge in [-0.2, -0.15) is 0 Å². The number of thioether (sulfide) groups is 1. The van der Waals surface area contributed by atoms with Crippen molar-refractivity contribution >= 4 is 99.0 Å². The number of halogens is 1. The molecule has 0 radical (unpaired) electrons. The molecule has 0 saturated carbocycles. The summed E-state index contributed by atoms with van der Waals surface area (Å²) in [7, 11) is 0. The van der Waals surface area contributed by atoms with Crippen molar-refractivity contribution in [2.45, 2.75) is 104 Å². The minimum Gasteiger partial charge on any atom is -0.391 e. The smallest absolute Gasteiger partial charge is 0.264 e. The van der Waals surface area contributed by atoms with Gasteiger partial charge in [-0.3, -0.25) is 47.9 Å². The number of aliphatic hydroxyl groups excluding tert-OH is 1. The predicted octanol–water partition coefficient (Wildman–Crippen LogP) is 2.36. The average molecular weight is 1130 g/mol. The summed E-state index contributed by atoms with van der Waals surface area (Å²) in [6.45, 7) is 11.7. The van der Waals surface area contributed by atoms with Crippen LogP contribution in [0.1, 0.15) is 90.2 Å². The van der Waals surface area contributed by atoms with Crippen molar-refractivity contribution in [3.05, 3.63) is 104 Å². The van der Waals surface area contributed by atoms with Crippen LogP contribution in [0.2, 0.25) is 5.02 Å². The van der Waals surface area contributed by atoms with Gasteiger partial charge in [0.1, 0.15) is 41.0 Å². The van der Waals surface area contributed by atoms with Crippen LogP contribution >= 0.6 is 46.0 Å². The van der Waals surface area contributed by atoms with Gasteiger partial charge in [-0.25, -0.2) is 4.98 Å². The summed E-state index contributed by atoms with van der Waals surface area (Å²) in [5.41, 5.74) is 11.4. The molecule has 1 unspecified atom stereocenters. The number of thiophene rings is 1. The van der Waals surface area contributed by atoms with Gasteiger partial charge < -0.3 is 47.6 Å². The van der Waals surface area contributed by atoms with E-state index in [2.05, 4.69) is 47.1 Å². The molecule has 8 amide bonds. The van der Waals surface area contributed by atoms with Crippen molar-refractivity contribution in [2.24, 2.45) is 16.1 Å². The molecule has 0 spiro atoms. The Kier molecular flexibility index (Phi) is 17.0. The predicted molar refractivity (Wildman–Crippen MR) is 290 cm³/mol. The number of aliphatic hydroxyl groups is 1. The normalized spacial score (nSPS) is 23.1. The van der Waals surface area contributed by atoms with Crippen LogP contribution < -0.4 is 37.6 Å². The Hall–Kier alpha value is -7.06. The van der Waals surface area contributed by atoms with Gasteiger partial charge in [0.05, 0.1) is 46.6 Å². The SMILES string of the molecule is Cc1ncsc1-c1ccc([C@H]2NC(=O)[C@@H]3C[C@@H](O)CN3C(=O)C(C(C)(C)C)NC(=O)CSC[C@H](C(N)=O)NC(=O)[C@@H](NC(=O)C[C@@H]3N=C(c4ccc(Cl)cc4)c4c(sc(C)c4C)-n4c(C)nnc43)NC(=O)CNC2=O)cc1. The Morgan fingerprint density at radius 1 is 0.883 bits per heavy atom. The first-order valence-electron chi connectivity index (χ1n) is 24.5. The van der Waals surface area contributed by atoms with Crippen molar-refractivity contribution in [1.29, 1.82) is 0 Å². The van der Waals surface area contributed by atoms with E-state index in [0.717, 1.165) is 48.9 Å². The number of rotatable bonds is 7. The number of fused-ring (bicyclic) bond motifs is 4. The summed E-state index contributed by atoms with van der Waals surface area (Å²) < 4.78 is 1.83. The van der Waals surface area contributed by atoms with E-state index >= 15 is 0 Å². The highest BCUT2D eigenvalue weighted by Crippen LogP contribution is 2.40. The number of aromatic nitrogens is 4. The number of thiazole rings is 1. The summed E-state index contributed by atoms with van der Waals surface area (Å²) in [6.07, 6.45) is -3.64. The van der Waals surface area contributed by atoms with E-state index in [4.69, 9.17) is 22.3 Å². The Morgan fingerprint density at radius 3 is 2.25 bits per heavy atom. The van der Waals surface area contributed by atoms with E-state index in [1.165, 1.54) is 27.6 Å². The van der Waals surface area contributed by atoms with Crippen molar-refractivity contribution in [3.8, 4) is 15.4 Å². The number of benzene rings is 2. The molecule has 26 heteroatoms. The third kappa shape index (κ3) is 12.5. The molecule has 7 atom stereocenters. The number of hydrogen-bond acceptors (Lipinski definition) is 16. The largest absolute Gasteiger partial charge is 0.391 e. The highest BCUT2D eigenvalue weighted by molar-refractivity contribution is 8.00. The Balaban J connectivity index is 1.11. The number of carbonyl (C=O) groups excluding carboxylic acids is 8. The lowest BCUT2D eigenvalue weighted by molar-refractivity contribution is -0.144. The van der Waals surface area contributed by atoms with Crippen LogP contribution in [-0.4, -0.2) is 138 Å². The van der Waals surface area contributed by atoms with Crippen molar-refractivity contribution < 1.29 is 43.5 Å². The number of aliphatic imine (C=N–C) groups is 1. The molecule has 3 aromatic heterocycles. The number of nitrogens with zero attached hydrogens (tertiary/aromatic N) is 6. The van der Waals surface area contributed by atoms with E-state index in [-0.39, 0.29) is 30.0 Å². The number of carbonyl (C=O) groups is 8. The van der Waals surface area contributed by atoms with Crippen molar-refractivity contribution in [3.63, 3.8) is 0 Å². The fourth-order valence-electron chi connectivity index (χ4n) is 9.16. The highest BCUT2D eigenvalue weighted by Gasteiger charge is 2.45. The molecule has 0 bridgehead atoms. The summed E-state index contributed by atoms with van der Waals surface area (Å²) in [5.74, 6) is -6.60. The zero-order valence-corrected chi connectivity index (χ0v) is 46.3. The molecule has 3 aliphatic heterocycles. The van der Waals surface area contributed by atoms with Crippen LogP contribution in [0.4, 0.5) is 0 Å². The van der Waals surface area contributed by atoms with Crippen LogP contribution in [0.15, 0.2) is 59.0 Å². The van der Waals surface area contributed by atoms with Crippen LogP contribution in [0.5, 0.6) is 0 Å². The lowest BCUT2D eigenvalue weighted by Crippen LogP contribution is -2.61. The quantitative estimate of drug-likeness (QED) is 0.116. The summed E-state index contributed by atoms with van der Waals surface area (Å²) in [6, 6.07) is 7.34. The van der Waals surface area contributed by atoms with Gasteiger partial charge in [-0.05, 0) is 61.9 Å². The topological polar surface area (TPSA) is 314 Å². The highest BCUT2D eigenvalue weighted by atomic mass is 35.5. The van der Waals surface area contributed by atoms with Crippen molar-refractivity contribution in [2.75, 3.05) is 24.6 Å². The minimum atomic E-state index is -1.90. The molecule has 3 aliphatic rings. The summed E-state index contributed by atoms with van der Waals surface area (Å²) in [5, 5.41) is 36.4. The van der Waals surface area contributed by atoms with Gasteiger partial charge in [0, 0.05) is 39.7 Å². The number of aryl methyl sites for hydroxylation is 3. The van der Waals surface area contributed by atoms with E-state index in [0.29, 0.717) is 27.9 Å². The first-order valence-corrected chi connectivity index (χ1v) is 27.7. The summed E-state index contributed by atoms with van der Waals surface area (Å²) in [4.78, 5) is 125. The van der Waals surface area contributed by atoms with Gasteiger partial charge >= 0.3 is 0 Å². The van der Waals surface area contributed by atoms with E-state index in [1.54, 1.807) is 69.6 Å². The molecule has 406 valence electrons. The molecule has 0 aliphatic carbocycles. The second-order valence-corrected chi connectivity index (χ2v) is 23.5. The third-order valence-corrected chi connectivity index (χ3v) is 16.8. The maximum atomic E-state index is 14.4. The molecule has 8 rings (SSSR count). The van der Waals surface area contributed by atoms with Gasteiger partial charge in [-0.1, -0.05) is 68.8 Å². The molecule has 6 heterocycles. The maximum absolute atomic E-state index is 14.4. The van der Waals surface area contributed by atoms with Crippen LogP contribution in [0, 0.1) is 33.1 Å².